The lowest BCUT2D eigenvalue weighted by Gasteiger charge is -2.18. The fourth-order valence-corrected chi connectivity index (χ4v) is 4.10. The maximum atomic E-state index is 12.6. The molecule has 2 aromatic carbocycles. The minimum Gasteiger partial charge on any atom is -0.507 e. The molecule has 0 saturated carbocycles. The fourth-order valence-electron chi connectivity index (χ4n) is 3.25. The van der Waals surface area contributed by atoms with E-state index in [4.69, 9.17) is 0 Å². The van der Waals surface area contributed by atoms with Crippen molar-refractivity contribution in [1.82, 2.24) is 9.80 Å². The molecule has 0 radical (unpaired) electrons. The number of carbonyl (C=O) groups is 4. The Hall–Kier alpha value is -3.99. The molecule has 10 nitrogen and oxygen atoms in total. The number of hydrogen-bond acceptors (Lipinski definition) is 8. The van der Waals surface area contributed by atoms with Gasteiger partial charge in [0.05, 0.1) is 21.0 Å². The van der Waals surface area contributed by atoms with Crippen molar-refractivity contribution >= 4 is 46.5 Å². The van der Waals surface area contributed by atoms with E-state index < -0.39 is 27.9 Å². The van der Waals surface area contributed by atoms with Crippen molar-refractivity contribution in [2.75, 3.05) is 13.1 Å². The fraction of sp³-hybridized carbons (Fsp3) is 0.100. The summed E-state index contributed by atoms with van der Waals surface area (Å²) in [7, 11) is 0. The smallest absolute Gasteiger partial charge is 0.293 e. The first kappa shape index (κ1) is 20.3. The Bertz CT molecular complexity index is 1170. The van der Waals surface area contributed by atoms with E-state index in [1.54, 1.807) is 12.1 Å². The second-order valence-electron chi connectivity index (χ2n) is 6.64. The number of thioether (sulfide) groups is 1. The molecular weight excluding hydrogens is 426 g/mol. The number of aromatic hydroxyl groups is 1. The van der Waals surface area contributed by atoms with Crippen molar-refractivity contribution < 1.29 is 29.2 Å². The second-order valence-corrected chi connectivity index (χ2v) is 7.63. The third-order valence-electron chi connectivity index (χ3n) is 4.81. The molecular formula is C20H13N3O7S. The molecule has 11 heteroatoms. The van der Waals surface area contributed by atoms with Crippen LogP contribution in [0.25, 0.3) is 6.08 Å². The zero-order chi connectivity index (χ0) is 22.3. The second kappa shape index (κ2) is 7.69. The van der Waals surface area contributed by atoms with Crippen LogP contribution in [0.15, 0.2) is 47.4 Å². The largest absolute Gasteiger partial charge is 0.507 e. The number of phenols is 1. The van der Waals surface area contributed by atoms with Crippen LogP contribution < -0.4 is 0 Å². The van der Waals surface area contributed by atoms with E-state index in [2.05, 4.69) is 0 Å². The first-order chi connectivity index (χ1) is 14.8. The van der Waals surface area contributed by atoms with Gasteiger partial charge in [-0.15, -0.1) is 0 Å². The molecule has 0 bridgehead atoms. The molecule has 1 saturated heterocycles. The summed E-state index contributed by atoms with van der Waals surface area (Å²) in [5, 5.41) is 20.2. The lowest BCUT2D eigenvalue weighted by Crippen LogP contribution is -2.40. The average Bonchev–Trinajstić information content (AvgIpc) is 3.15. The predicted octanol–water partition coefficient (Wildman–Crippen LogP) is 2.63. The van der Waals surface area contributed by atoms with Gasteiger partial charge in [0.2, 0.25) is 0 Å². The van der Waals surface area contributed by atoms with E-state index >= 15 is 0 Å². The highest BCUT2D eigenvalue weighted by atomic mass is 32.2. The van der Waals surface area contributed by atoms with Gasteiger partial charge in [-0.3, -0.25) is 39.1 Å². The molecule has 4 amide bonds. The quantitative estimate of drug-likeness (QED) is 0.325. The molecule has 1 fully saturated rings. The predicted molar refractivity (Wildman–Crippen MR) is 109 cm³/mol. The van der Waals surface area contributed by atoms with Crippen molar-refractivity contribution in [3.63, 3.8) is 0 Å². The monoisotopic (exact) mass is 439 g/mol. The van der Waals surface area contributed by atoms with E-state index in [1.807, 2.05) is 0 Å². The van der Waals surface area contributed by atoms with Crippen LogP contribution >= 0.6 is 11.8 Å². The van der Waals surface area contributed by atoms with Gasteiger partial charge in [0, 0.05) is 30.8 Å². The number of hydrogen-bond donors (Lipinski definition) is 1. The van der Waals surface area contributed by atoms with Crippen molar-refractivity contribution in [1.29, 1.82) is 0 Å². The highest BCUT2D eigenvalue weighted by molar-refractivity contribution is 8.18. The molecule has 156 valence electrons. The molecule has 0 spiro atoms. The van der Waals surface area contributed by atoms with Crippen molar-refractivity contribution in [3.05, 3.63) is 74.2 Å². The van der Waals surface area contributed by atoms with Gasteiger partial charge in [-0.2, -0.15) is 0 Å². The summed E-state index contributed by atoms with van der Waals surface area (Å²) in [6, 6.07) is 9.66. The van der Waals surface area contributed by atoms with Crippen molar-refractivity contribution in [2.24, 2.45) is 0 Å². The topological polar surface area (TPSA) is 138 Å². The highest BCUT2D eigenvalue weighted by Crippen LogP contribution is 2.35. The van der Waals surface area contributed by atoms with Gasteiger partial charge >= 0.3 is 0 Å². The van der Waals surface area contributed by atoms with Gasteiger partial charge in [0.25, 0.3) is 28.6 Å². The number of nitro benzene ring substituents is 1. The van der Waals surface area contributed by atoms with Gasteiger partial charge in [-0.25, -0.2) is 0 Å². The van der Waals surface area contributed by atoms with E-state index in [0.29, 0.717) is 11.8 Å². The summed E-state index contributed by atoms with van der Waals surface area (Å²) >= 11 is 0.600. The van der Waals surface area contributed by atoms with E-state index in [-0.39, 0.29) is 46.1 Å². The van der Waals surface area contributed by atoms with E-state index in [0.717, 1.165) is 28.0 Å². The van der Waals surface area contributed by atoms with E-state index in [9.17, 15) is 34.4 Å². The van der Waals surface area contributed by atoms with Crippen LogP contribution in [0.2, 0.25) is 0 Å². The number of carbonyl (C=O) groups excluding carboxylic acids is 4. The molecule has 0 aliphatic carbocycles. The lowest BCUT2D eigenvalue weighted by molar-refractivity contribution is -0.384. The number of imide groups is 2. The average molecular weight is 439 g/mol. The Morgan fingerprint density at radius 3 is 2.16 bits per heavy atom. The number of fused-ring (bicyclic) bond motifs is 1. The summed E-state index contributed by atoms with van der Waals surface area (Å²) in [4.78, 5) is 61.9. The normalized spacial score (nSPS) is 17.1. The molecule has 2 heterocycles. The minimum atomic E-state index is -0.683. The number of amides is 4. The standard InChI is InChI=1S/C20H13N3O7S/c24-15-6-5-12(23(29)30)9-11(15)10-16-19(27)22(20(28)31-16)8-7-21-17(25)13-3-1-2-4-14(13)18(21)26/h1-6,9-10,24H,7-8H2. The minimum absolute atomic E-state index is 0.0139. The van der Waals surface area contributed by atoms with Gasteiger partial charge in [0.15, 0.2) is 0 Å². The van der Waals surface area contributed by atoms with Crippen molar-refractivity contribution in [2.45, 2.75) is 0 Å². The van der Waals surface area contributed by atoms with Crippen LogP contribution in [0.5, 0.6) is 5.75 Å². The molecule has 31 heavy (non-hydrogen) atoms. The van der Waals surface area contributed by atoms with Crippen LogP contribution in [0.3, 0.4) is 0 Å². The van der Waals surface area contributed by atoms with Crippen LogP contribution in [-0.4, -0.2) is 55.9 Å². The number of phenolic OH excluding ortho intramolecular Hbond substituents is 1. The number of non-ortho nitro benzene ring substituents is 1. The molecule has 0 aromatic heterocycles. The maximum Gasteiger partial charge on any atom is 0.293 e. The summed E-state index contributed by atoms with van der Waals surface area (Å²) in [6.45, 7) is -0.367. The Morgan fingerprint density at radius 2 is 1.55 bits per heavy atom. The van der Waals surface area contributed by atoms with Crippen LogP contribution in [0, 0.1) is 10.1 Å². The van der Waals surface area contributed by atoms with Gasteiger partial charge in [-0.1, -0.05) is 12.1 Å². The van der Waals surface area contributed by atoms with Crippen LogP contribution in [0.4, 0.5) is 10.5 Å². The molecule has 2 aliphatic heterocycles. The van der Waals surface area contributed by atoms with Gasteiger partial charge in [0.1, 0.15) is 5.75 Å². The Morgan fingerprint density at radius 1 is 0.935 bits per heavy atom. The highest BCUT2D eigenvalue weighted by Gasteiger charge is 2.39. The van der Waals surface area contributed by atoms with Crippen LogP contribution in [0.1, 0.15) is 26.3 Å². The van der Waals surface area contributed by atoms with E-state index in [1.165, 1.54) is 18.2 Å². The molecule has 0 unspecified atom stereocenters. The zero-order valence-corrected chi connectivity index (χ0v) is 16.5. The first-order valence-electron chi connectivity index (χ1n) is 8.96. The first-order valence-corrected chi connectivity index (χ1v) is 9.77. The summed E-state index contributed by atoms with van der Waals surface area (Å²) in [5.41, 5.74) is 0.263. The van der Waals surface area contributed by atoms with Gasteiger partial charge < -0.3 is 5.11 Å². The molecule has 0 atom stereocenters. The molecule has 4 rings (SSSR count). The summed E-state index contributed by atoms with van der Waals surface area (Å²) in [6.07, 6.45) is 1.19. The number of rotatable bonds is 5. The number of nitrogens with zero attached hydrogens (tertiary/aromatic N) is 3. The third kappa shape index (κ3) is 3.55. The maximum absolute atomic E-state index is 12.6. The molecule has 2 aliphatic rings. The SMILES string of the molecule is O=C1SC(=Cc2cc([N+](=O)[O-])ccc2O)C(=O)N1CCN1C(=O)c2ccccc2C1=O. The summed E-state index contributed by atoms with van der Waals surface area (Å²) < 4.78 is 0. The third-order valence-corrected chi connectivity index (χ3v) is 5.71. The van der Waals surface area contributed by atoms with Gasteiger partial charge in [-0.05, 0) is 36.0 Å². The Kier molecular flexibility index (Phi) is 5.03. The molecule has 2 aromatic rings. The lowest BCUT2D eigenvalue weighted by atomic mass is 10.1. The zero-order valence-electron chi connectivity index (χ0n) is 15.7. The Balaban J connectivity index is 1.51. The number of nitro groups is 1. The Labute approximate surface area is 178 Å². The molecule has 1 N–H and O–H groups in total. The number of benzene rings is 2. The van der Waals surface area contributed by atoms with Crippen LogP contribution in [-0.2, 0) is 4.79 Å². The van der Waals surface area contributed by atoms with Crippen molar-refractivity contribution in [3.8, 4) is 5.75 Å². The summed E-state index contributed by atoms with van der Waals surface area (Å²) in [5.74, 6) is -1.96.